The second kappa shape index (κ2) is 8.55. The maximum absolute atomic E-state index is 6.87. The van der Waals surface area contributed by atoms with Gasteiger partial charge in [-0.3, -0.25) is 0 Å². The highest BCUT2D eigenvalue weighted by atomic mass is 35.5. The van der Waals surface area contributed by atoms with Crippen molar-refractivity contribution in [1.82, 2.24) is 4.57 Å². The van der Waals surface area contributed by atoms with Crippen molar-refractivity contribution in [1.29, 1.82) is 0 Å². The van der Waals surface area contributed by atoms with Gasteiger partial charge >= 0.3 is 0 Å². The van der Waals surface area contributed by atoms with E-state index < -0.39 is 0 Å². The first-order valence-electron chi connectivity index (χ1n) is 12.0. The summed E-state index contributed by atoms with van der Waals surface area (Å²) in [6.07, 6.45) is 0. The Balaban J connectivity index is 1.71. The number of hydrogen-bond acceptors (Lipinski definition) is 0. The Morgan fingerprint density at radius 1 is 0.543 bits per heavy atom. The summed E-state index contributed by atoms with van der Waals surface area (Å²) in [5.41, 5.74) is 11.9. The van der Waals surface area contributed by atoms with Gasteiger partial charge in [-0.1, -0.05) is 107 Å². The third kappa shape index (κ3) is 3.52. The molecule has 0 unspecified atom stereocenters. The first-order chi connectivity index (χ1) is 17.0. The molecule has 6 rings (SSSR count). The molecule has 5 heteroatoms. The number of nitrogens with zero attached hydrogens (tertiary/aromatic N) is 1. The number of benzene rings is 5. The summed E-state index contributed by atoms with van der Waals surface area (Å²) in [6.45, 7) is 0. The molecule has 0 spiro atoms. The van der Waals surface area contributed by atoms with E-state index in [4.69, 9.17) is 11.6 Å². The van der Waals surface area contributed by atoms with Crippen LogP contribution >= 0.6 is 11.6 Å². The van der Waals surface area contributed by atoms with Crippen LogP contribution in [0, 0.1) is 0 Å². The van der Waals surface area contributed by atoms with Crippen LogP contribution < -0.4 is 16.4 Å². The zero-order valence-corrected chi connectivity index (χ0v) is 20.9. The molecule has 1 aromatic heterocycles. The molecule has 0 atom stereocenters. The van der Waals surface area contributed by atoms with Crippen molar-refractivity contribution in [2.75, 3.05) is 0 Å². The topological polar surface area (TPSA) is 4.93 Å². The molecule has 0 N–H and O–H groups in total. The molecular formula is C30H23B3ClN. The van der Waals surface area contributed by atoms with E-state index in [0.29, 0.717) is 0 Å². The normalized spacial score (nSPS) is 11.3. The number of aromatic nitrogens is 1. The molecule has 0 amide bonds. The fraction of sp³-hybridized carbons (Fsp3) is 0. The quantitative estimate of drug-likeness (QED) is 0.353. The lowest BCUT2D eigenvalue weighted by molar-refractivity contribution is 1.19. The summed E-state index contributed by atoms with van der Waals surface area (Å²) in [5, 5.41) is 3.32. The molecule has 0 aliphatic carbocycles. The van der Waals surface area contributed by atoms with Gasteiger partial charge in [-0.05, 0) is 46.5 Å². The maximum atomic E-state index is 6.87. The minimum Gasteiger partial charge on any atom is -0.310 e. The highest BCUT2D eigenvalue weighted by Gasteiger charge is 2.20. The smallest absolute Gasteiger partial charge is 0.142 e. The molecule has 35 heavy (non-hydrogen) atoms. The molecule has 0 saturated heterocycles. The second-order valence-corrected chi connectivity index (χ2v) is 9.64. The van der Waals surface area contributed by atoms with Crippen LogP contribution in [0.15, 0.2) is 103 Å². The van der Waals surface area contributed by atoms with Crippen molar-refractivity contribution in [2.45, 2.75) is 0 Å². The Bertz CT molecular complexity index is 1720. The lowest BCUT2D eigenvalue weighted by Gasteiger charge is -2.15. The van der Waals surface area contributed by atoms with Crippen LogP contribution in [-0.2, 0) is 0 Å². The van der Waals surface area contributed by atoms with Crippen molar-refractivity contribution in [3.8, 4) is 27.9 Å². The Labute approximate surface area is 213 Å². The van der Waals surface area contributed by atoms with Crippen LogP contribution in [0.1, 0.15) is 0 Å². The van der Waals surface area contributed by atoms with E-state index in [1.165, 1.54) is 49.5 Å². The zero-order chi connectivity index (χ0) is 24.1. The van der Waals surface area contributed by atoms with Gasteiger partial charge in [0.25, 0.3) is 0 Å². The fourth-order valence-electron chi connectivity index (χ4n) is 5.29. The number of hydrogen-bond donors (Lipinski definition) is 0. The first-order valence-corrected chi connectivity index (χ1v) is 12.4. The highest BCUT2D eigenvalue weighted by molar-refractivity contribution is 6.64. The Kier molecular flexibility index (Phi) is 5.35. The van der Waals surface area contributed by atoms with Crippen molar-refractivity contribution in [2.24, 2.45) is 0 Å². The number of fused-ring (bicyclic) bond motifs is 3. The van der Waals surface area contributed by atoms with Gasteiger partial charge in [-0.25, -0.2) is 0 Å². The molecule has 0 bridgehead atoms. The number of rotatable bonds is 3. The van der Waals surface area contributed by atoms with Gasteiger partial charge in [-0.15, -0.1) is 0 Å². The molecule has 164 valence electrons. The van der Waals surface area contributed by atoms with Gasteiger partial charge in [0.2, 0.25) is 0 Å². The molecule has 6 aromatic rings. The SMILES string of the molecule is Bc1c(Cl)c(B)c2c3cc(-c4ccccc4)ccc3n(-c3cccc(-c4ccccc4)c3)c2c1B. The van der Waals surface area contributed by atoms with Crippen LogP contribution in [-0.4, -0.2) is 28.1 Å². The van der Waals surface area contributed by atoms with Crippen molar-refractivity contribution in [3.05, 3.63) is 108 Å². The summed E-state index contributed by atoms with van der Waals surface area (Å²) in [7, 11) is 6.47. The van der Waals surface area contributed by atoms with Crippen LogP contribution in [0.25, 0.3) is 49.7 Å². The lowest BCUT2D eigenvalue weighted by atomic mass is 9.74. The predicted molar refractivity (Wildman–Crippen MR) is 161 cm³/mol. The van der Waals surface area contributed by atoms with Crippen LogP contribution in [0.3, 0.4) is 0 Å². The van der Waals surface area contributed by atoms with E-state index in [1.807, 2.05) is 0 Å². The lowest BCUT2D eigenvalue weighted by Crippen LogP contribution is -2.33. The van der Waals surface area contributed by atoms with Crippen molar-refractivity contribution in [3.63, 3.8) is 0 Å². The second-order valence-electron chi connectivity index (χ2n) is 9.26. The van der Waals surface area contributed by atoms with E-state index in [0.717, 1.165) is 21.6 Å². The summed E-state index contributed by atoms with van der Waals surface area (Å²) in [4.78, 5) is 0. The molecule has 1 heterocycles. The highest BCUT2D eigenvalue weighted by Crippen LogP contribution is 2.35. The third-order valence-electron chi connectivity index (χ3n) is 7.24. The van der Waals surface area contributed by atoms with E-state index in [9.17, 15) is 0 Å². The fourth-order valence-corrected chi connectivity index (χ4v) is 5.53. The van der Waals surface area contributed by atoms with E-state index in [2.05, 4.69) is 131 Å². The largest absolute Gasteiger partial charge is 0.310 e. The molecule has 0 saturated carbocycles. The average molecular weight is 465 g/mol. The van der Waals surface area contributed by atoms with E-state index >= 15 is 0 Å². The third-order valence-corrected chi connectivity index (χ3v) is 7.80. The average Bonchev–Trinajstić information content (AvgIpc) is 3.26. The molecule has 0 aliphatic heterocycles. The van der Waals surface area contributed by atoms with Crippen LogP contribution in [0.5, 0.6) is 0 Å². The molecule has 0 radical (unpaired) electrons. The minimum atomic E-state index is 0.859. The Morgan fingerprint density at radius 3 is 1.80 bits per heavy atom. The van der Waals surface area contributed by atoms with Gasteiger partial charge in [0.1, 0.15) is 23.5 Å². The van der Waals surface area contributed by atoms with Gasteiger partial charge < -0.3 is 4.57 Å². The summed E-state index contributed by atoms with van der Waals surface area (Å²) in [6, 6.07) is 36.8. The minimum absolute atomic E-state index is 0.859. The van der Waals surface area contributed by atoms with Crippen LogP contribution in [0.4, 0.5) is 0 Å². The van der Waals surface area contributed by atoms with Crippen molar-refractivity contribution >= 4 is 73.3 Å². The predicted octanol–water partition coefficient (Wildman–Crippen LogP) is 3.55. The number of halogens is 1. The monoisotopic (exact) mass is 465 g/mol. The van der Waals surface area contributed by atoms with Gasteiger partial charge in [-0.2, -0.15) is 0 Å². The molecule has 1 nitrogen and oxygen atoms in total. The molecule has 0 fully saturated rings. The van der Waals surface area contributed by atoms with Crippen molar-refractivity contribution < 1.29 is 0 Å². The Morgan fingerprint density at radius 2 is 1.14 bits per heavy atom. The van der Waals surface area contributed by atoms with Gasteiger partial charge in [0.15, 0.2) is 0 Å². The van der Waals surface area contributed by atoms with Gasteiger partial charge in [0.05, 0.1) is 5.52 Å². The summed E-state index contributed by atoms with van der Waals surface area (Å²) in [5.74, 6) is 0. The van der Waals surface area contributed by atoms with Crippen LogP contribution in [0.2, 0.25) is 5.02 Å². The molecule has 0 aliphatic rings. The zero-order valence-electron chi connectivity index (χ0n) is 20.1. The molecule has 5 aromatic carbocycles. The van der Waals surface area contributed by atoms with Gasteiger partial charge in [0, 0.05) is 27.0 Å². The van der Waals surface area contributed by atoms with E-state index in [-0.39, 0.29) is 0 Å². The Hall–Kier alpha value is -3.62. The van der Waals surface area contributed by atoms with E-state index in [1.54, 1.807) is 0 Å². The summed E-state index contributed by atoms with van der Waals surface area (Å²) >= 11 is 6.87. The molecular weight excluding hydrogens is 442 g/mol. The first kappa shape index (κ1) is 21.9. The summed E-state index contributed by atoms with van der Waals surface area (Å²) < 4.78 is 2.41. The standard InChI is InChI=1S/C30H23B3ClN/c31-26-25-23-17-21(19-10-5-2-6-11-19)14-15-24(23)35(30(25)28(33)27(32)29(26)34)22-13-7-12-20(16-22)18-8-3-1-4-9-18/h1-17H,31-33H2. The maximum Gasteiger partial charge on any atom is 0.142 e.